The highest BCUT2D eigenvalue weighted by Crippen LogP contribution is 2.18. The van der Waals surface area contributed by atoms with E-state index >= 15 is 0 Å². The number of aromatic nitrogens is 2. The summed E-state index contributed by atoms with van der Waals surface area (Å²) in [6.07, 6.45) is 2.47. The van der Waals surface area contributed by atoms with Gasteiger partial charge in [0.1, 0.15) is 0 Å². The van der Waals surface area contributed by atoms with Crippen LogP contribution in [0, 0.1) is 12.8 Å². The molecule has 1 fully saturated rings. The summed E-state index contributed by atoms with van der Waals surface area (Å²) in [6, 6.07) is 3.45. The molecule has 1 N–H and O–H groups in total. The fraction of sp³-hybridized carbons (Fsp3) is 0.812. The zero-order valence-electron chi connectivity index (χ0n) is 13.7. The molecule has 1 aliphatic heterocycles. The second-order valence-electron chi connectivity index (χ2n) is 6.41. The average molecular weight is 278 g/mol. The van der Waals surface area contributed by atoms with Gasteiger partial charge in [0, 0.05) is 32.2 Å². The average Bonchev–Trinajstić information content (AvgIpc) is 2.61. The molecule has 0 amide bonds. The first kappa shape index (κ1) is 15.5. The molecular weight excluding hydrogens is 248 g/mol. The zero-order valence-corrected chi connectivity index (χ0v) is 13.7. The van der Waals surface area contributed by atoms with E-state index in [2.05, 4.69) is 56.1 Å². The molecule has 4 heteroatoms. The van der Waals surface area contributed by atoms with Crippen LogP contribution in [0.15, 0.2) is 6.07 Å². The van der Waals surface area contributed by atoms with Gasteiger partial charge < -0.3 is 5.32 Å². The molecule has 0 aliphatic carbocycles. The van der Waals surface area contributed by atoms with E-state index in [1.165, 1.54) is 18.5 Å². The van der Waals surface area contributed by atoms with Crippen molar-refractivity contribution in [2.45, 2.75) is 59.2 Å². The Balaban J connectivity index is 2.08. The molecule has 1 aromatic heterocycles. The van der Waals surface area contributed by atoms with Crippen molar-refractivity contribution in [1.29, 1.82) is 0 Å². The van der Waals surface area contributed by atoms with Gasteiger partial charge >= 0.3 is 0 Å². The lowest BCUT2D eigenvalue weighted by Crippen LogP contribution is -2.43. The van der Waals surface area contributed by atoms with Gasteiger partial charge in [-0.05, 0) is 38.8 Å². The van der Waals surface area contributed by atoms with Crippen LogP contribution in [0.25, 0.3) is 0 Å². The molecule has 0 saturated carbocycles. The van der Waals surface area contributed by atoms with Gasteiger partial charge in [-0.25, -0.2) is 0 Å². The van der Waals surface area contributed by atoms with E-state index in [-0.39, 0.29) is 0 Å². The third kappa shape index (κ3) is 3.61. The van der Waals surface area contributed by atoms with Crippen molar-refractivity contribution in [3.63, 3.8) is 0 Å². The van der Waals surface area contributed by atoms with Crippen LogP contribution in [-0.4, -0.2) is 39.9 Å². The number of aryl methyl sites for hydroxylation is 2. The molecule has 1 saturated heterocycles. The number of nitrogens with one attached hydrogen (secondary N) is 1. The predicted molar refractivity (Wildman–Crippen MR) is 83.7 cm³/mol. The lowest BCUT2D eigenvalue weighted by molar-refractivity contribution is 0.176. The Hall–Kier alpha value is -0.870. The van der Waals surface area contributed by atoms with Crippen molar-refractivity contribution < 1.29 is 0 Å². The molecule has 0 spiro atoms. The Labute approximate surface area is 123 Å². The van der Waals surface area contributed by atoms with E-state index in [4.69, 9.17) is 0 Å². The van der Waals surface area contributed by atoms with Crippen molar-refractivity contribution in [2.24, 2.45) is 13.0 Å². The van der Waals surface area contributed by atoms with Gasteiger partial charge in [-0.3, -0.25) is 9.58 Å². The summed E-state index contributed by atoms with van der Waals surface area (Å²) in [5.41, 5.74) is 2.43. The summed E-state index contributed by atoms with van der Waals surface area (Å²) in [7, 11) is 2.05. The van der Waals surface area contributed by atoms with Crippen LogP contribution in [0.4, 0.5) is 0 Å². The minimum absolute atomic E-state index is 0.610. The van der Waals surface area contributed by atoms with Crippen LogP contribution in [-0.2, 0) is 13.6 Å². The van der Waals surface area contributed by atoms with E-state index in [0.717, 1.165) is 31.2 Å². The SMILES string of the molecule is CCC(C)C1CN(Cc2cc(C)nn2C)C(C)CCN1. The van der Waals surface area contributed by atoms with Crippen molar-refractivity contribution in [3.05, 3.63) is 17.5 Å². The summed E-state index contributed by atoms with van der Waals surface area (Å²) in [5.74, 6) is 0.732. The van der Waals surface area contributed by atoms with Gasteiger partial charge in [-0.1, -0.05) is 20.3 Å². The minimum Gasteiger partial charge on any atom is -0.312 e. The maximum atomic E-state index is 4.47. The van der Waals surface area contributed by atoms with Crippen LogP contribution in [0.2, 0.25) is 0 Å². The first-order chi connectivity index (χ1) is 9.51. The molecule has 2 heterocycles. The van der Waals surface area contributed by atoms with Crippen molar-refractivity contribution >= 4 is 0 Å². The lowest BCUT2D eigenvalue weighted by Gasteiger charge is -2.31. The first-order valence-corrected chi connectivity index (χ1v) is 7.98. The molecule has 4 nitrogen and oxygen atoms in total. The Morgan fingerprint density at radius 1 is 1.50 bits per heavy atom. The van der Waals surface area contributed by atoms with Crippen LogP contribution < -0.4 is 5.32 Å². The number of hydrogen-bond acceptors (Lipinski definition) is 3. The van der Waals surface area contributed by atoms with Gasteiger partial charge in [0.05, 0.1) is 11.4 Å². The third-order valence-electron chi connectivity index (χ3n) is 4.82. The van der Waals surface area contributed by atoms with Crippen LogP contribution in [0.5, 0.6) is 0 Å². The van der Waals surface area contributed by atoms with Gasteiger partial charge in [0.25, 0.3) is 0 Å². The summed E-state index contributed by atoms with van der Waals surface area (Å²) in [6.45, 7) is 12.4. The second-order valence-corrected chi connectivity index (χ2v) is 6.41. The van der Waals surface area contributed by atoms with Crippen LogP contribution in [0.1, 0.15) is 45.0 Å². The normalized spacial score (nSPS) is 26.4. The molecule has 1 aromatic rings. The van der Waals surface area contributed by atoms with Crippen LogP contribution in [0.3, 0.4) is 0 Å². The van der Waals surface area contributed by atoms with E-state index in [0.29, 0.717) is 12.1 Å². The molecule has 0 aromatic carbocycles. The molecule has 0 bridgehead atoms. The standard InChI is InChI=1S/C16H30N4/c1-6-12(2)16-11-20(14(4)7-8-17-16)10-15-9-13(3)18-19(15)5/h9,12,14,16-17H,6-8,10-11H2,1-5H3. The Bertz CT molecular complexity index is 426. The zero-order chi connectivity index (χ0) is 14.7. The van der Waals surface area contributed by atoms with Crippen LogP contribution >= 0.6 is 0 Å². The monoisotopic (exact) mass is 278 g/mol. The molecule has 2 rings (SSSR count). The van der Waals surface area contributed by atoms with Crippen molar-refractivity contribution in [2.75, 3.05) is 13.1 Å². The number of rotatable bonds is 4. The molecule has 20 heavy (non-hydrogen) atoms. The van der Waals surface area contributed by atoms with Gasteiger partial charge in [0.15, 0.2) is 0 Å². The summed E-state index contributed by atoms with van der Waals surface area (Å²) in [5, 5.41) is 8.20. The van der Waals surface area contributed by atoms with Gasteiger partial charge in [-0.15, -0.1) is 0 Å². The summed E-state index contributed by atoms with van der Waals surface area (Å²) >= 11 is 0. The molecule has 114 valence electrons. The maximum Gasteiger partial charge on any atom is 0.0597 e. The molecule has 1 aliphatic rings. The largest absolute Gasteiger partial charge is 0.312 e. The predicted octanol–water partition coefficient (Wildman–Crippen LogP) is 2.33. The minimum atomic E-state index is 0.610. The smallest absolute Gasteiger partial charge is 0.0597 e. The Kier molecular flexibility index (Phi) is 5.22. The second kappa shape index (κ2) is 6.72. The summed E-state index contributed by atoms with van der Waals surface area (Å²) in [4.78, 5) is 2.62. The van der Waals surface area contributed by atoms with Crippen molar-refractivity contribution in [3.8, 4) is 0 Å². The highest BCUT2D eigenvalue weighted by Gasteiger charge is 2.26. The highest BCUT2D eigenvalue weighted by atomic mass is 15.3. The topological polar surface area (TPSA) is 33.1 Å². The highest BCUT2D eigenvalue weighted by molar-refractivity contribution is 5.08. The Morgan fingerprint density at radius 2 is 2.25 bits per heavy atom. The lowest BCUT2D eigenvalue weighted by atomic mass is 9.99. The Morgan fingerprint density at radius 3 is 2.85 bits per heavy atom. The summed E-state index contributed by atoms with van der Waals surface area (Å²) < 4.78 is 2.03. The van der Waals surface area contributed by atoms with Crippen molar-refractivity contribution in [1.82, 2.24) is 20.0 Å². The maximum absolute atomic E-state index is 4.47. The molecule has 3 unspecified atom stereocenters. The molecule has 3 atom stereocenters. The number of nitrogens with zero attached hydrogens (tertiary/aromatic N) is 3. The quantitative estimate of drug-likeness (QED) is 0.917. The van der Waals surface area contributed by atoms with Gasteiger partial charge in [0.2, 0.25) is 0 Å². The van der Waals surface area contributed by atoms with E-state index in [1.807, 2.05) is 4.68 Å². The molecular formula is C16H30N4. The fourth-order valence-corrected chi connectivity index (χ4v) is 3.06. The van der Waals surface area contributed by atoms with E-state index < -0.39 is 0 Å². The first-order valence-electron chi connectivity index (χ1n) is 7.98. The molecule has 0 radical (unpaired) electrons. The van der Waals surface area contributed by atoms with E-state index in [9.17, 15) is 0 Å². The number of hydrogen-bond donors (Lipinski definition) is 1. The third-order valence-corrected chi connectivity index (χ3v) is 4.82. The van der Waals surface area contributed by atoms with E-state index in [1.54, 1.807) is 0 Å². The van der Waals surface area contributed by atoms with Gasteiger partial charge in [-0.2, -0.15) is 5.10 Å². The fourth-order valence-electron chi connectivity index (χ4n) is 3.06.